The molecule has 1 heterocycles. The number of benzene rings is 3. The number of carbonyl (C=O) groups is 1. The summed E-state index contributed by atoms with van der Waals surface area (Å²) in [6.07, 6.45) is 14.2. The van der Waals surface area contributed by atoms with Crippen LogP contribution in [0.2, 0.25) is 0 Å². The van der Waals surface area contributed by atoms with E-state index >= 15 is 4.79 Å². The van der Waals surface area contributed by atoms with Crippen molar-refractivity contribution in [3.63, 3.8) is 0 Å². The van der Waals surface area contributed by atoms with E-state index in [0.29, 0.717) is 54.7 Å². The van der Waals surface area contributed by atoms with Gasteiger partial charge in [-0.05, 0) is 104 Å². The van der Waals surface area contributed by atoms with Gasteiger partial charge in [-0.25, -0.2) is 4.39 Å². The number of nitro groups is 1. The molecule has 1 amide bonds. The fourth-order valence-corrected chi connectivity index (χ4v) is 10.6. The van der Waals surface area contributed by atoms with Gasteiger partial charge in [-0.1, -0.05) is 74.0 Å². The molecule has 12 nitrogen and oxygen atoms in total. The molecular formula is C50H62FN3O9. The van der Waals surface area contributed by atoms with Gasteiger partial charge in [-0.15, -0.1) is 6.58 Å². The topological polar surface area (TPSA) is 153 Å². The predicted molar refractivity (Wildman–Crippen MR) is 238 cm³/mol. The van der Waals surface area contributed by atoms with Gasteiger partial charge in [0, 0.05) is 50.1 Å². The molecule has 338 valence electrons. The molecule has 4 aliphatic rings. The molecule has 3 aromatic rings. The lowest BCUT2D eigenvalue weighted by Gasteiger charge is -2.60. The van der Waals surface area contributed by atoms with Crippen LogP contribution in [-0.2, 0) is 20.9 Å². The molecule has 13 heteroatoms. The summed E-state index contributed by atoms with van der Waals surface area (Å²) in [5, 5.41) is 36.3. The van der Waals surface area contributed by atoms with Gasteiger partial charge in [-0.2, -0.15) is 0 Å². The van der Waals surface area contributed by atoms with Gasteiger partial charge < -0.3 is 34.2 Å². The van der Waals surface area contributed by atoms with Gasteiger partial charge >= 0.3 is 0 Å². The van der Waals surface area contributed by atoms with Gasteiger partial charge in [-0.3, -0.25) is 14.9 Å². The molecular weight excluding hydrogens is 806 g/mol. The second-order valence-electron chi connectivity index (χ2n) is 17.4. The largest absolute Gasteiger partial charge is 0.459 e. The minimum absolute atomic E-state index is 0.0119. The number of fused-ring (bicyclic) bond motifs is 2. The molecule has 2 saturated carbocycles. The number of rotatable bonds is 22. The van der Waals surface area contributed by atoms with E-state index in [-0.39, 0.29) is 68.0 Å². The lowest BCUT2D eigenvalue weighted by Crippen LogP contribution is -2.70. The van der Waals surface area contributed by atoms with Crippen molar-refractivity contribution in [2.24, 2.45) is 28.8 Å². The molecule has 6 atom stereocenters. The standard InChI is InChI=1S/C50H62FN3O9/c1-3-28-60-50-46(53(33-35-18-21-37(51)22-19-35)47(57)25-20-34-12-5-6-13-34)32-44(52-61-4-2)42-29-36(14-7-9-26-55)41(17-8-10-27-56)48(49(42)50)43-31-40(23-24-45(43)63-50)62-39-16-11-15-38(30-39)54(58)59/h3,11,15-16,18-19,21-24,29-31,34,36,41,46,48-49,55-56H,1,4-10,12-14,17,20,25-28,32-33H2,2H3/t36-,41+,46-,48+,49+,50+/m0/s1. The Labute approximate surface area is 369 Å². The molecule has 0 aromatic heterocycles. The van der Waals surface area contributed by atoms with E-state index in [2.05, 4.69) is 12.7 Å². The first-order valence-electron chi connectivity index (χ1n) is 22.9. The second kappa shape index (κ2) is 21.5. The van der Waals surface area contributed by atoms with Gasteiger partial charge in [0.1, 0.15) is 35.7 Å². The number of nitrogens with zero attached hydrogens (tertiary/aromatic N) is 3. The van der Waals surface area contributed by atoms with Crippen LogP contribution in [0.3, 0.4) is 0 Å². The van der Waals surface area contributed by atoms with Crippen molar-refractivity contribution >= 4 is 17.3 Å². The number of ether oxygens (including phenoxy) is 3. The van der Waals surface area contributed by atoms with Crippen molar-refractivity contribution in [3.05, 3.63) is 118 Å². The second-order valence-corrected chi connectivity index (χ2v) is 17.4. The number of halogens is 1. The Morgan fingerprint density at radius 2 is 1.76 bits per heavy atom. The number of aliphatic hydroxyl groups excluding tert-OH is 2. The van der Waals surface area contributed by atoms with Crippen molar-refractivity contribution in [3.8, 4) is 17.2 Å². The van der Waals surface area contributed by atoms with Crippen LogP contribution >= 0.6 is 0 Å². The average molecular weight is 868 g/mol. The number of hydrogen-bond donors (Lipinski definition) is 2. The Morgan fingerprint density at radius 3 is 2.48 bits per heavy atom. The van der Waals surface area contributed by atoms with Crippen molar-refractivity contribution in [2.75, 3.05) is 26.4 Å². The van der Waals surface area contributed by atoms with Crippen LogP contribution in [0.4, 0.5) is 10.1 Å². The molecule has 2 N–H and O–H groups in total. The van der Waals surface area contributed by atoms with E-state index in [1.807, 2.05) is 24.0 Å². The molecule has 0 unspecified atom stereocenters. The fourth-order valence-electron chi connectivity index (χ4n) is 10.6. The number of oxime groups is 1. The van der Waals surface area contributed by atoms with E-state index in [0.717, 1.165) is 61.6 Å². The normalized spacial score (nSPS) is 24.5. The average Bonchev–Trinajstić information content (AvgIpc) is 3.82. The number of non-ortho nitro benzene ring substituents is 1. The third-order valence-electron chi connectivity index (χ3n) is 13.4. The summed E-state index contributed by atoms with van der Waals surface area (Å²) in [5.41, 5.74) is 3.14. The maximum absolute atomic E-state index is 15.0. The maximum atomic E-state index is 15.0. The number of hydrogen-bond acceptors (Lipinski definition) is 10. The third kappa shape index (κ3) is 10.5. The highest BCUT2D eigenvalue weighted by Crippen LogP contribution is 2.62. The molecule has 2 fully saturated rings. The van der Waals surface area contributed by atoms with Gasteiger partial charge in [0.25, 0.3) is 5.69 Å². The first kappa shape index (κ1) is 45.9. The zero-order valence-corrected chi connectivity index (χ0v) is 36.4. The number of amides is 1. The zero-order valence-electron chi connectivity index (χ0n) is 36.4. The fraction of sp³-hybridized carbons (Fsp3) is 0.520. The highest BCUT2D eigenvalue weighted by atomic mass is 19.1. The maximum Gasteiger partial charge on any atom is 0.273 e. The first-order valence-corrected chi connectivity index (χ1v) is 22.9. The lowest BCUT2D eigenvalue weighted by atomic mass is 9.55. The molecule has 3 aromatic carbocycles. The van der Waals surface area contributed by atoms with Crippen LogP contribution in [0.5, 0.6) is 17.2 Å². The molecule has 3 aliphatic carbocycles. The Balaban J connectivity index is 1.43. The summed E-state index contributed by atoms with van der Waals surface area (Å²) in [6, 6.07) is 17.2. The van der Waals surface area contributed by atoms with Crippen molar-refractivity contribution in [2.45, 2.75) is 115 Å². The monoisotopic (exact) mass is 867 g/mol. The molecule has 0 spiro atoms. The summed E-state index contributed by atoms with van der Waals surface area (Å²) < 4.78 is 35.2. The Kier molecular flexibility index (Phi) is 15.7. The minimum atomic E-state index is -1.46. The van der Waals surface area contributed by atoms with E-state index < -0.39 is 22.7 Å². The summed E-state index contributed by atoms with van der Waals surface area (Å²) in [4.78, 5) is 34.0. The summed E-state index contributed by atoms with van der Waals surface area (Å²) in [5.74, 6) is -0.858. The molecule has 0 bridgehead atoms. The lowest BCUT2D eigenvalue weighted by molar-refractivity contribution is -0.384. The Hall–Kier alpha value is -5.11. The van der Waals surface area contributed by atoms with E-state index in [1.54, 1.807) is 36.4 Å². The van der Waals surface area contributed by atoms with Crippen LogP contribution in [-0.4, -0.2) is 69.9 Å². The zero-order chi connectivity index (χ0) is 44.3. The number of aliphatic hydroxyl groups is 2. The minimum Gasteiger partial charge on any atom is -0.459 e. The van der Waals surface area contributed by atoms with Gasteiger partial charge in [0.15, 0.2) is 0 Å². The van der Waals surface area contributed by atoms with Crippen LogP contribution in [0, 0.1) is 39.6 Å². The highest BCUT2D eigenvalue weighted by molar-refractivity contribution is 6.03. The van der Waals surface area contributed by atoms with Crippen molar-refractivity contribution in [1.29, 1.82) is 0 Å². The summed E-state index contributed by atoms with van der Waals surface area (Å²) in [6.45, 7) is 6.67. The SMILES string of the molecule is C=CCO[C@@]12Oc3ccc(Oc4cccc([N+](=O)[O-])c4)cc3[C@H]3[C@H](CCCCO)[C@@H](CCCCO)C=C(C(=NOCC)C[C@@H]1N(Cc1ccc(F)cc1)C(=O)CCC1CCCC1)[C@H]32. The molecule has 0 saturated heterocycles. The quantitative estimate of drug-likeness (QED) is 0.0435. The number of allylic oxidation sites excluding steroid dienone is 1. The van der Waals surface area contributed by atoms with Crippen LogP contribution in [0.1, 0.15) is 107 Å². The predicted octanol–water partition coefficient (Wildman–Crippen LogP) is 10.2. The highest BCUT2D eigenvalue weighted by Gasteiger charge is 2.65. The van der Waals surface area contributed by atoms with E-state index in [9.17, 15) is 24.7 Å². The Morgan fingerprint density at radius 1 is 1.02 bits per heavy atom. The smallest absolute Gasteiger partial charge is 0.273 e. The van der Waals surface area contributed by atoms with Crippen LogP contribution in [0.15, 0.2) is 96.2 Å². The number of unbranched alkanes of at least 4 members (excludes halogenated alkanes) is 2. The molecule has 1 aliphatic heterocycles. The molecule has 63 heavy (non-hydrogen) atoms. The first-order chi connectivity index (χ1) is 30.7. The van der Waals surface area contributed by atoms with E-state index in [1.165, 1.54) is 37.1 Å². The van der Waals surface area contributed by atoms with Crippen molar-refractivity contribution < 1.29 is 43.4 Å². The summed E-state index contributed by atoms with van der Waals surface area (Å²) in [7, 11) is 0. The third-order valence-corrected chi connectivity index (χ3v) is 13.4. The summed E-state index contributed by atoms with van der Waals surface area (Å²) >= 11 is 0. The number of nitro benzene ring substituents is 1. The number of carbonyl (C=O) groups excluding carboxylic acids is 1. The van der Waals surface area contributed by atoms with Crippen LogP contribution < -0.4 is 9.47 Å². The van der Waals surface area contributed by atoms with Crippen molar-refractivity contribution in [1.82, 2.24) is 4.90 Å². The van der Waals surface area contributed by atoms with Gasteiger partial charge in [0.05, 0.1) is 29.2 Å². The van der Waals surface area contributed by atoms with Crippen LogP contribution in [0.25, 0.3) is 0 Å². The van der Waals surface area contributed by atoms with Gasteiger partial charge in [0.2, 0.25) is 11.7 Å². The molecule has 7 rings (SSSR count). The van der Waals surface area contributed by atoms with E-state index in [4.69, 9.17) is 24.2 Å². The Bertz CT molecular complexity index is 2100. The molecule has 0 radical (unpaired) electrons.